The molecule has 0 aromatic rings. The second-order valence-corrected chi connectivity index (χ2v) is 5.62. The van der Waals surface area contributed by atoms with E-state index in [0.717, 1.165) is 39.0 Å². The van der Waals surface area contributed by atoms with Crippen molar-refractivity contribution in [2.45, 2.75) is 71.5 Å². The Morgan fingerprint density at radius 1 is 1.00 bits per heavy atom. The number of hydrogen-bond donors (Lipinski definition) is 2. The van der Waals surface area contributed by atoms with E-state index in [1.165, 1.54) is 19.3 Å². The quantitative estimate of drug-likeness (QED) is 0.455. The molecule has 0 saturated carbocycles. The predicted molar refractivity (Wildman–Crippen MR) is 84.2 cm³/mol. The highest BCUT2D eigenvalue weighted by Crippen LogP contribution is 1.99. The maximum atomic E-state index is 9.72. The van der Waals surface area contributed by atoms with Crippen molar-refractivity contribution in [1.82, 2.24) is 5.32 Å². The Balaban J connectivity index is 3.14. The zero-order chi connectivity index (χ0) is 15.1. The Labute approximate surface area is 125 Å². The molecule has 0 spiro atoms. The highest BCUT2D eigenvalue weighted by molar-refractivity contribution is 4.58. The second-order valence-electron chi connectivity index (χ2n) is 5.62. The van der Waals surface area contributed by atoms with Crippen LogP contribution in [0.4, 0.5) is 0 Å². The fourth-order valence-corrected chi connectivity index (χ4v) is 1.85. The summed E-state index contributed by atoms with van der Waals surface area (Å²) in [6.07, 6.45) is 6.91. The molecule has 0 aliphatic rings. The van der Waals surface area contributed by atoms with Gasteiger partial charge in [0.25, 0.3) is 0 Å². The van der Waals surface area contributed by atoms with E-state index in [1.54, 1.807) is 0 Å². The Morgan fingerprint density at radius 2 is 1.75 bits per heavy atom. The summed E-state index contributed by atoms with van der Waals surface area (Å²) in [5.41, 5.74) is 0. The number of nitrogens with one attached hydrogen (secondary N) is 1. The Kier molecular flexibility index (Phi) is 15.1. The van der Waals surface area contributed by atoms with Crippen molar-refractivity contribution in [1.29, 1.82) is 0 Å². The lowest BCUT2D eigenvalue weighted by Crippen LogP contribution is -2.31. The van der Waals surface area contributed by atoms with Gasteiger partial charge in [-0.25, -0.2) is 0 Å². The minimum absolute atomic E-state index is 0.319. The lowest BCUT2D eigenvalue weighted by Gasteiger charge is -2.12. The van der Waals surface area contributed by atoms with Crippen molar-refractivity contribution in [3.05, 3.63) is 0 Å². The van der Waals surface area contributed by atoms with Crippen LogP contribution >= 0.6 is 0 Å². The van der Waals surface area contributed by atoms with E-state index in [0.29, 0.717) is 19.3 Å². The molecule has 0 radical (unpaired) electrons. The fourth-order valence-electron chi connectivity index (χ4n) is 1.85. The molecule has 20 heavy (non-hydrogen) atoms. The number of aliphatic hydroxyl groups excluding tert-OH is 1. The standard InChI is InChI=1S/C16H35NO3/c1-4-5-6-8-11-19-14-16(18)13-17-10-7-9-12-20-15(2)3/h15-18H,4-14H2,1-3H3. The molecule has 0 aromatic heterocycles. The van der Waals surface area contributed by atoms with Crippen molar-refractivity contribution in [2.24, 2.45) is 0 Å². The zero-order valence-corrected chi connectivity index (χ0v) is 13.7. The van der Waals surface area contributed by atoms with Gasteiger partial charge in [0.15, 0.2) is 0 Å². The summed E-state index contributed by atoms with van der Waals surface area (Å²) in [5, 5.41) is 13.0. The molecule has 0 aliphatic carbocycles. The molecule has 0 rings (SSSR count). The van der Waals surface area contributed by atoms with E-state index in [9.17, 15) is 5.11 Å². The molecule has 0 aromatic carbocycles. The van der Waals surface area contributed by atoms with Gasteiger partial charge in [0.05, 0.1) is 18.8 Å². The van der Waals surface area contributed by atoms with Gasteiger partial charge in [0.2, 0.25) is 0 Å². The molecule has 0 bridgehead atoms. The molecule has 0 amide bonds. The van der Waals surface area contributed by atoms with Crippen molar-refractivity contribution >= 4 is 0 Å². The number of hydrogen-bond acceptors (Lipinski definition) is 4. The van der Waals surface area contributed by atoms with Crippen molar-refractivity contribution in [3.63, 3.8) is 0 Å². The Morgan fingerprint density at radius 3 is 2.45 bits per heavy atom. The van der Waals surface area contributed by atoms with Crippen molar-refractivity contribution in [3.8, 4) is 0 Å². The minimum atomic E-state index is -0.395. The van der Waals surface area contributed by atoms with Gasteiger partial charge in [-0.2, -0.15) is 0 Å². The first kappa shape index (κ1) is 19.8. The summed E-state index contributed by atoms with van der Waals surface area (Å²) in [6, 6.07) is 0. The SMILES string of the molecule is CCCCCCOCC(O)CNCCCCOC(C)C. The average Bonchev–Trinajstić information content (AvgIpc) is 2.41. The fraction of sp³-hybridized carbons (Fsp3) is 1.00. The summed E-state index contributed by atoms with van der Waals surface area (Å²) in [6.45, 7) is 9.87. The minimum Gasteiger partial charge on any atom is -0.389 e. The second kappa shape index (κ2) is 15.2. The smallest absolute Gasteiger partial charge is 0.0897 e. The normalized spacial score (nSPS) is 13.1. The maximum Gasteiger partial charge on any atom is 0.0897 e. The highest BCUT2D eigenvalue weighted by Gasteiger charge is 2.03. The molecule has 2 N–H and O–H groups in total. The first-order chi connectivity index (χ1) is 9.66. The molecule has 0 heterocycles. The Hall–Kier alpha value is -0.160. The molecule has 0 saturated heterocycles. The van der Waals surface area contributed by atoms with E-state index in [-0.39, 0.29) is 0 Å². The Bertz CT molecular complexity index is 189. The monoisotopic (exact) mass is 289 g/mol. The summed E-state index contributed by atoms with van der Waals surface area (Å²) in [4.78, 5) is 0. The van der Waals surface area contributed by atoms with E-state index in [4.69, 9.17) is 9.47 Å². The molecule has 0 aliphatic heterocycles. The average molecular weight is 289 g/mol. The number of aliphatic hydroxyl groups is 1. The number of rotatable bonds is 15. The van der Waals surface area contributed by atoms with Crippen LogP contribution < -0.4 is 5.32 Å². The highest BCUT2D eigenvalue weighted by atomic mass is 16.5. The molecule has 0 fully saturated rings. The lowest BCUT2D eigenvalue weighted by molar-refractivity contribution is 0.0353. The first-order valence-corrected chi connectivity index (χ1v) is 8.25. The van der Waals surface area contributed by atoms with Gasteiger partial charge in [-0.3, -0.25) is 0 Å². The molecular formula is C16H35NO3. The molecular weight excluding hydrogens is 254 g/mol. The van der Waals surface area contributed by atoms with Gasteiger partial charge in [-0.1, -0.05) is 26.2 Å². The van der Waals surface area contributed by atoms with Gasteiger partial charge < -0.3 is 19.9 Å². The van der Waals surface area contributed by atoms with Crippen LogP contribution in [0.25, 0.3) is 0 Å². The van der Waals surface area contributed by atoms with Crippen LogP contribution in [0, 0.1) is 0 Å². The van der Waals surface area contributed by atoms with Gasteiger partial charge in [-0.05, 0) is 39.7 Å². The summed E-state index contributed by atoms with van der Waals surface area (Å²) in [7, 11) is 0. The van der Waals surface area contributed by atoms with Crippen LogP contribution in [-0.2, 0) is 9.47 Å². The topological polar surface area (TPSA) is 50.7 Å². The zero-order valence-electron chi connectivity index (χ0n) is 13.7. The van der Waals surface area contributed by atoms with Gasteiger partial charge >= 0.3 is 0 Å². The third-order valence-electron chi connectivity index (χ3n) is 3.03. The van der Waals surface area contributed by atoms with E-state index in [1.807, 2.05) is 0 Å². The van der Waals surface area contributed by atoms with E-state index < -0.39 is 6.10 Å². The van der Waals surface area contributed by atoms with Crippen molar-refractivity contribution in [2.75, 3.05) is 32.9 Å². The largest absolute Gasteiger partial charge is 0.389 e. The molecule has 4 heteroatoms. The molecule has 4 nitrogen and oxygen atoms in total. The van der Waals surface area contributed by atoms with Crippen LogP contribution in [0.3, 0.4) is 0 Å². The predicted octanol–water partition coefficient (Wildman–Crippen LogP) is 2.74. The van der Waals surface area contributed by atoms with Crippen LogP contribution in [0.1, 0.15) is 59.3 Å². The van der Waals surface area contributed by atoms with Gasteiger partial charge in [0, 0.05) is 19.8 Å². The van der Waals surface area contributed by atoms with Crippen LogP contribution in [-0.4, -0.2) is 50.2 Å². The van der Waals surface area contributed by atoms with Gasteiger partial charge in [0.1, 0.15) is 0 Å². The first-order valence-electron chi connectivity index (χ1n) is 8.25. The van der Waals surface area contributed by atoms with Crippen LogP contribution in [0.5, 0.6) is 0 Å². The third-order valence-corrected chi connectivity index (χ3v) is 3.03. The number of ether oxygens (including phenoxy) is 2. The lowest BCUT2D eigenvalue weighted by atomic mass is 10.2. The van der Waals surface area contributed by atoms with Crippen LogP contribution in [0.15, 0.2) is 0 Å². The molecule has 1 atom stereocenters. The molecule has 1 unspecified atom stereocenters. The summed E-state index contributed by atoms with van der Waals surface area (Å²) < 4.78 is 10.9. The maximum absolute atomic E-state index is 9.72. The van der Waals surface area contributed by atoms with E-state index >= 15 is 0 Å². The summed E-state index contributed by atoms with van der Waals surface area (Å²) >= 11 is 0. The van der Waals surface area contributed by atoms with Crippen LogP contribution in [0.2, 0.25) is 0 Å². The van der Waals surface area contributed by atoms with E-state index in [2.05, 4.69) is 26.1 Å². The summed E-state index contributed by atoms with van der Waals surface area (Å²) in [5.74, 6) is 0. The third kappa shape index (κ3) is 15.9. The number of unbranched alkanes of at least 4 members (excludes halogenated alkanes) is 4. The van der Waals surface area contributed by atoms with Gasteiger partial charge in [-0.15, -0.1) is 0 Å². The molecule has 122 valence electrons. The van der Waals surface area contributed by atoms with Crippen molar-refractivity contribution < 1.29 is 14.6 Å².